The molecule has 1 aliphatic carbocycles. The summed E-state index contributed by atoms with van der Waals surface area (Å²) in [6.45, 7) is 4.48. The average Bonchev–Trinajstić information content (AvgIpc) is 2.96. The van der Waals surface area contributed by atoms with Gasteiger partial charge in [0, 0.05) is 11.8 Å². The Labute approximate surface area is 231 Å². The number of benzene rings is 1. The van der Waals surface area contributed by atoms with E-state index in [1.54, 1.807) is 0 Å². The van der Waals surface area contributed by atoms with E-state index in [1.165, 1.54) is 69.8 Å². The summed E-state index contributed by atoms with van der Waals surface area (Å²) in [4.78, 5) is 17.5. The molecule has 1 aromatic carbocycles. The second-order valence-corrected chi connectivity index (χ2v) is 11.3. The topological polar surface area (TPSA) is 63.0 Å². The van der Waals surface area contributed by atoms with E-state index < -0.39 is 0 Å². The van der Waals surface area contributed by atoms with Crippen LogP contribution in [0.25, 0.3) is 11.3 Å². The summed E-state index contributed by atoms with van der Waals surface area (Å²) in [5.74, 6) is 0.300. The molecule has 1 saturated carbocycles. The number of pyridine rings is 1. The molecular weight excluding hydrogens is 468 g/mol. The van der Waals surface area contributed by atoms with Gasteiger partial charge in [-0.1, -0.05) is 84.1 Å². The first-order chi connectivity index (χ1) is 18.6. The SMILES string of the molecule is CCCCCCCCC[C@]1(C#N)CC[C@H](C(=O)Oc2ccc(-c3ccc(CCCCCC)cn3)cc2)CC1. The van der Waals surface area contributed by atoms with Crippen LogP contribution in [0.5, 0.6) is 5.75 Å². The number of aromatic nitrogens is 1. The number of unbranched alkanes of at least 4 members (excludes halogenated alkanes) is 9. The summed E-state index contributed by atoms with van der Waals surface area (Å²) in [7, 11) is 0. The van der Waals surface area contributed by atoms with Gasteiger partial charge in [-0.3, -0.25) is 9.78 Å². The van der Waals surface area contributed by atoms with Crippen LogP contribution in [-0.2, 0) is 11.2 Å². The van der Waals surface area contributed by atoms with Crippen LogP contribution in [0.2, 0.25) is 0 Å². The number of rotatable bonds is 16. The molecule has 4 heteroatoms. The molecule has 1 heterocycles. The van der Waals surface area contributed by atoms with E-state index in [1.807, 2.05) is 30.5 Å². The molecule has 0 spiro atoms. The third-order valence-corrected chi connectivity index (χ3v) is 8.28. The minimum Gasteiger partial charge on any atom is -0.426 e. The normalized spacial score (nSPS) is 19.1. The molecule has 3 rings (SSSR count). The summed E-state index contributed by atoms with van der Waals surface area (Å²) >= 11 is 0. The van der Waals surface area contributed by atoms with Gasteiger partial charge in [-0.05, 0) is 80.8 Å². The van der Waals surface area contributed by atoms with E-state index in [0.29, 0.717) is 5.75 Å². The fourth-order valence-corrected chi connectivity index (χ4v) is 5.64. The van der Waals surface area contributed by atoms with Crippen LogP contribution in [0.3, 0.4) is 0 Å². The maximum atomic E-state index is 12.9. The van der Waals surface area contributed by atoms with Crippen molar-refractivity contribution in [1.82, 2.24) is 4.98 Å². The Morgan fingerprint density at radius 2 is 1.53 bits per heavy atom. The van der Waals surface area contributed by atoms with Gasteiger partial charge in [0.1, 0.15) is 5.75 Å². The van der Waals surface area contributed by atoms with Crippen molar-refractivity contribution < 1.29 is 9.53 Å². The number of hydrogen-bond acceptors (Lipinski definition) is 4. The Hall–Kier alpha value is -2.67. The average molecular weight is 517 g/mol. The molecule has 0 saturated heterocycles. The third kappa shape index (κ3) is 9.57. The highest BCUT2D eigenvalue weighted by Gasteiger charge is 2.38. The van der Waals surface area contributed by atoms with Crippen LogP contribution in [0, 0.1) is 22.7 Å². The molecule has 0 amide bonds. The number of hydrogen-bond donors (Lipinski definition) is 0. The van der Waals surface area contributed by atoms with Crippen LogP contribution in [0.4, 0.5) is 0 Å². The summed E-state index contributed by atoms with van der Waals surface area (Å²) in [6, 6.07) is 14.5. The lowest BCUT2D eigenvalue weighted by atomic mass is 9.69. The zero-order valence-corrected chi connectivity index (χ0v) is 23.9. The standard InChI is InChI=1S/C34H48N2O2/c1-3-5-7-9-10-11-13-23-34(27-35)24-21-30(22-25-34)33(37)38-31-18-16-29(17-19-31)32-20-15-28(26-36-32)14-12-8-6-4-2/h15-20,26,30H,3-14,21-25H2,1-2H3/t30-,34-. The Balaban J connectivity index is 1.42. The lowest BCUT2D eigenvalue weighted by Gasteiger charge is -2.34. The monoisotopic (exact) mass is 516 g/mol. The molecule has 206 valence electrons. The maximum Gasteiger partial charge on any atom is 0.314 e. The molecule has 4 nitrogen and oxygen atoms in total. The fraction of sp³-hybridized carbons (Fsp3) is 0.618. The molecule has 38 heavy (non-hydrogen) atoms. The Kier molecular flexibility index (Phi) is 12.8. The molecule has 0 atom stereocenters. The highest BCUT2D eigenvalue weighted by atomic mass is 16.5. The number of nitrogens with zero attached hydrogens (tertiary/aromatic N) is 2. The summed E-state index contributed by atoms with van der Waals surface area (Å²) in [5.41, 5.74) is 2.98. The van der Waals surface area contributed by atoms with Crippen molar-refractivity contribution >= 4 is 5.97 Å². The third-order valence-electron chi connectivity index (χ3n) is 8.28. The summed E-state index contributed by atoms with van der Waals surface area (Å²) in [5, 5.41) is 9.90. The minimum absolute atomic E-state index is 0.114. The maximum absolute atomic E-state index is 12.9. The molecule has 0 unspecified atom stereocenters. The molecule has 0 aliphatic heterocycles. The van der Waals surface area contributed by atoms with Crippen LogP contribution in [0.1, 0.15) is 122 Å². The molecule has 1 aliphatic rings. The van der Waals surface area contributed by atoms with Crippen molar-refractivity contribution in [1.29, 1.82) is 5.26 Å². The molecule has 1 aromatic heterocycles. The van der Waals surface area contributed by atoms with Crippen molar-refractivity contribution in [3.63, 3.8) is 0 Å². The van der Waals surface area contributed by atoms with E-state index in [0.717, 1.165) is 56.2 Å². The van der Waals surface area contributed by atoms with Crippen molar-refractivity contribution in [3.05, 3.63) is 48.2 Å². The predicted octanol–water partition coefficient (Wildman–Crippen LogP) is 9.62. The van der Waals surface area contributed by atoms with E-state index in [-0.39, 0.29) is 17.3 Å². The Morgan fingerprint density at radius 3 is 2.13 bits per heavy atom. The van der Waals surface area contributed by atoms with Crippen LogP contribution >= 0.6 is 0 Å². The van der Waals surface area contributed by atoms with Crippen LogP contribution < -0.4 is 4.74 Å². The number of carbonyl (C=O) groups excluding carboxylic acids is 1. The van der Waals surface area contributed by atoms with Crippen molar-refractivity contribution in [2.75, 3.05) is 0 Å². The molecular formula is C34H48N2O2. The van der Waals surface area contributed by atoms with Gasteiger partial charge >= 0.3 is 5.97 Å². The second-order valence-electron chi connectivity index (χ2n) is 11.3. The summed E-state index contributed by atoms with van der Waals surface area (Å²) in [6.07, 6.45) is 21.0. The van der Waals surface area contributed by atoms with Gasteiger partial charge in [0.05, 0.1) is 23.1 Å². The number of ether oxygens (including phenoxy) is 1. The van der Waals surface area contributed by atoms with Gasteiger partial charge in [-0.15, -0.1) is 0 Å². The first kappa shape index (κ1) is 29.9. The van der Waals surface area contributed by atoms with Gasteiger partial charge in [-0.2, -0.15) is 5.26 Å². The number of aryl methyl sites for hydroxylation is 1. The van der Waals surface area contributed by atoms with E-state index in [4.69, 9.17) is 4.74 Å². The summed E-state index contributed by atoms with van der Waals surface area (Å²) < 4.78 is 5.73. The molecule has 0 radical (unpaired) electrons. The van der Waals surface area contributed by atoms with Crippen molar-refractivity contribution in [2.24, 2.45) is 11.3 Å². The van der Waals surface area contributed by atoms with Gasteiger partial charge < -0.3 is 4.74 Å². The molecule has 0 bridgehead atoms. The lowest BCUT2D eigenvalue weighted by Crippen LogP contribution is -2.31. The van der Waals surface area contributed by atoms with E-state index in [2.05, 4.69) is 37.0 Å². The van der Waals surface area contributed by atoms with Gasteiger partial charge in [0.2, 0.25) is 0 Å². The zero-order valence-electron chi connectivity index (χ0n) is 23.9. The van der Waals surface area contributed by atoms with Gasteiger partial charge in [0.25, 0.3) is 0 Å². The number of nitriles is 1. The second kappa shape index (κ2) is 16.3. The van der Waals surface area contributed by atoms with Crippen molar-refractivity contribution in [3.8, 4) is 23.1 Å². The van der Waals surface area contributed by atoms with Crippen molar-refractivity contribution in [2.45, 2.75) is 123 Å². The zero-order chi connectivity index (χ0) is 27.1. The van der Waals surface area contributed by atoms with Crippen LogP contribution in [-0.4, -0.2) is 11.0 Å². The van der Waals surface area contributed by atoms with E-state index >= 15 is 0 Å². The van der Waals surface area contributed by atoms with Gasteiger partial charge in [0.15, 0.2) is 0 Å². The highest BCUT2D eigenvalue weighted by Crippen LogP contribution is 2.43. The lowest BCUT2D eigenvalue weighted by molar-refractivity contribution is -0.140. The molecule has 0 N–H and O–H groups in total. The van der Waals surface area contributed by atoms with Gasteiger partial charge in [-0.25, -0.2) is 0 Å². The first-order valence-electron chi connectivity index (χ1n) is 15.3. The molecule has 2 aromatic rings. The Bertz CT molecular complexity index is 983. The van der Waals surface area contributed by atoms with Crippen LogP contribution in [0.15, 0.2) is 42.6 Å². The Morgan fingerprint density at radius 1 is 0.895 bits per heavy atom. The smallest absolute Gasteiger partial charge is 0.314 e. The first-order valence-corrected chi connectivity index (χ1v) is 15.3. The predicted molar refractivity (Wildman–Crippen MR) is 156 cm³/mol. The van der Waals surface area contributed by atoms with E-state index in [9.17, 15) is 10.1 Å². The highest BCUT2D eigenvalue weighted by molar-refractivity contribution is 5.75. The fourth-order valence-electron chi connectivity index (χ4n) is 5.64. The quantitative estimate of drug-likeness (QED) is 0.127. The largest absolute Gasteiger partial charge is 0.426 e. The molecule has 1 fully saturated rings. The number of carbonyl (C=O) groups is 1. The number of esters is 1. The minimum atomic E-state index is -0.250.